The molecule has 1 saturated heterocycles. The van der Waals surface area contributed by atoms with Crippen molar-refractivity contribution >= 4 is 17.3 Å². The molecule has 1 aliphatic heterocycles. The van der Waals surface area contributed by atoms with E-state index in [1.54, 1.807) is 12.4 Å². The van der Waals surface area contributed by atoms with E-state index in [1.807, 2.05) is 12.1 Å². The molecule has 0 saturated carbocycles. The number of carboxylic acids is 1. The summed E-state index contributed by atoms with van der Waals surface area (Å²) in [6, 6.07) is 3.69. The van der Waals surface area contributed by atoms with Crippen molar-refractivity contribution < 1.29 is 9.90 Å². The van der Waals surface area contributed by atoms with E-state index < -0.39 is 5.97 Å². The van der Waals surface area contributed by atoms with Crippen LogP contribution in [-0.2, 0) is 6.54 Å². The Bertz CT molecular complexity index is 623. The Hall–Kier alpha value is -1.83. The van der Waals surface area contributed by atoms with Gasteiger partial charge in [0.05, 0.1) is 4.88 Å². The molecule has 21 heavy (non-hydrogen) atoms. The molecule has 3 heterocycles. The predicted molar refractivity (Wildman–Crippen MR) is 80.5 cm³/mol. The van der Waals surface area contributed by atoms with E-state index in [9.17, 15) is 9.90 Å². The summed E-state index contributed by atoms with van der Waals surface area (Å²) in [6.07, 6.45) is 3.38. The number of piperazine rings is 1. The van der Waals surface area contributed by atoms with E-state index in [2.05, 4.69) is 20.2 Å². The number of thiazole rings is 1. The van der Waals surface area contributed by atoms with Crippen molar-refractivity contribution in [3.05, 3.63) is 35.1 Å². The van der Waals surface area contributed by atoms with Gasteiger partial charge in [0.15, 0.2) is 5.69 Å². The maximum atomic E-state index is 11.4. The van der Waals surface area contributed by atoms with E-state index in [0.717, 1.165) is 41.6 Å². The van der Waals surface area contributed by atoms with Gasteiger partial charge in [0, 0.05) is 50.7 Å². The number of pyridine rings is 1. The van der Waals surface area contributed by atoms with Gasteiger partial charge in [-0.3, -0.25) is 9.88 Å². The van der Waals surface area contributed by atoms with Crippen molar-refractivity contribution in [3.8, 4) is 10.6 Å². The van der Waals surface area contributed by atoms with E-state index in [1.165, 1.54) is 11.3 Å². The maximum absolute atomic E-state index is 11.4. The fraction of sp³-hybridized carbons (Fsp3) is 0.357. The van der Waals surface area contributed by atoms with Crippen LogP contribution in [0.15, 0.2) is 24.5 Å². The standard InChI is InChI=1S/C14H16N4O2S/c19-14(20)12-11(9-18-7-5-16-6-8-18)21-13(17-12)10-1-3-15-4-2-10/h1-4,16H,5-9H2,(H,19,20). The van der Waals surface area contributed by atoms with Gasteiger partial charge >= 0.3 is 5.97 Å². The highest BCUT2D eigenvalue weighted by Crippen LogP contribution is 2.29. The smallest absolute Gasteiger partial charge is 0.355 e. The predicted octanol–water partition coefficient (Wildman–Crippen LogP) is 1.31. The minimum Gasteiger partial charge on any atom is -0.476 e. The molecule has 2 aromatic rings. The van der Waals surface area contributed by atoms with Gasteiger partial charge < -0.3 is 10.4 Å². The minimum absolute atomic E-state index is 0.172. The van der Waals surface area contributed by atoms with E-state index in [0.29, 0.717) is 6.54 Å². The van der Waals surface area contributed by atoms with Gasteiger partial charge in [-0.2, -0.15) is 0 Å². The highest BCUT2D eigenvalue weighted by molar-refractivity contribution is 7.15. The highest BCUT2D eigenvalue weighted by atomic mass is 32.1. The van der Waals surface area contributed by atoms with Gasteiger partial charge in [-0.15, -0.1) is 11.3 Å². The molecule has 0 aliphatic carbocycles. The van der Waals surface area contributed by atoms with Gasteiger partial charge in [-0.25, -0.2) is 9.78 Å². The van der Waals surface area contributed by atoms with Crippen LogP contribution in [0.1, 0.15) is 15.4 Å². The lowest BCUT2D eigenvalue weighted by atomic mass is 10.3. The molecule has 6 nitrogen and oxygen atoms in total. The Balaban J connectivity index is 1.88. The first-order chi connectivity index (χ1) is 10.2. The monoisotopic (exact) mass is 304 g/mol. The average molecular weight is 304 g/mol. The van der Waals surface area contributed by atoms with Gasteiger partial charge in [0.25, 0.3) is 0 Å². The van der Waals surface area contributed by atoms with Crippen LogP contribution < -0.4 is 5.32 Å². The lowest BCUT2D eigenvalue weighted by molar-refractivity contribution is 0.0689. The first kappa shape index (κ1) is 14.1. The summed E-state index contributed by atoms with van der Waals surface area (Å²) in [6.45, 7) is 4.39. The molecule has 0 aromatic carbocycles. The Labute approximate surface area is 126 Å². The van der Waals surface area contributed by atoms with E-state index >= 15 is 0 Å². The first-order valence-electron chi connectivity index (χ1n) is 6.80. The second-order valence-corrected chi connectivity index (χ2v) is 5.94. The largest absolute Gasteiger partial charge is 0.476 e. The molecule has 0 bridgehead atoms. The van der Waals surface area contributed by atoms with Crippen LogP contribution in [0, 0.1) is 0 Å². The molecule has 0 spiro atoms. The zero-order chi connectivity index (χ0) is 14.7. The minimum atomic E-state index is -0.961. The summed E-state index contributed by atoms with van der Waals surface area (Å²) in [4.78, 5) is 22.8. The third-order valence-electron chi connectivity index (χ3n) is 3.40. The maximum Gasteiger partial charge on any atom is 0.355 e. The molecule has 1 aliphatic rings. The number of nitrogens with zero attached hydrogens (tertiary/aromatic N) is 3. The highest BCUT2D eigenvalue weighted by Gasteiger charge is 2.21. The number of carbonyl (C=O) groups is 1. The molecule has 0 amide bonds. The van der Waals surface area contributed by atoms with Gasteiger partial charge in [0.2, 0.25) is 0 Å². The molecule has 0 radical (unpaired) electrons. The number of aromatic carboxylic acids is 1. The van der Waals surface area contributed by atoms with Crippen LogP contribution in [0.2, 0.25) is 0 Å². The number of nitrogens with one attached hydrogen (secondary N) is 1. The first-order valence-corrected chi connectivity index (χ1v) is 7.62. The molecular formula is C14H16N4O2S. The fourth-order valence-electron chi connectivity index (χ4n) is 2.32. The van der Waals surface area contributed by atoms with Crippen LogP contribution in [0.3, 0.4) is 0 Å². The van der Waals surface area contributed by atoms with Gasteiger partial charge in [-0.05, 0) is 12.1 Å². The molecule has 2 aromatic heterocycles. The summed E-state index contributed by atoms with van der Waals surface area (Å²) in [5.41, 5.74) is 1.08. The topological polar surface area (TPSA) is 78.3 Å². The number of hydrogen-bond acceptors (Lipinski definition) is 6. The summed E-state index contributed by atoms with van der Waals surface area (Å²) < 4.78 is 0. The Morgan fingerprint density at radius 1 is 1.33 bits per heavy atom. The fourth-order valence-corrected chi connectivity index (χ4v) is 3.42. The van der Waals surface area contributed by atoms with Crippen LogP contribution in [0.5, 0.6) is 0 Å². The Kier molecular flexibility index (Phi) is 4.23. The van der Waals surface area contributed by atoms with Crippen LogP contribution in [-0.4, -0.2) is 52.1 Å². The van der Waals surface area contributed by atoms with E-state index in [-0.39, 0.29) is 5.69 Å². The van der Waals surface area contributed by atoms with Gasteiger partial charge in [0.1, 0.15) is 5.01 Å². The SMILES string of the molecule is O=C(O)c1nc(-c2ccncc2)sc1CN1CCNCC1. The molecule has 110 valence electrons. The molecule has 3 rings (SSSR count). The average Bonchev–Trinajstić information content (AvgIpc) is 2.93. The number of aromatic nitrogens is 2. The third kappa shape index (κ3) is 3.26. The molecule has 0 unspecified atom stereocenters. The summed E-state index contributed by atoms with van der Waals surface area (Å²) >= 11 is 1.45. The van der Waals surface area contributed by atoms with Crippen LogP contribution >= 0.6 is 11.3 Å². The van der Waals surface area contributed by atoms with Crippen molar-refractivity contribution in [2.75, 3.05) is 26.2 Å². The van der Waals surface area contributed by atoms with Crippen molar-refractivity contribution in [3.63, 3.8) is 0 Å². The van der Waals surface area contributed by atoms with Crippen LogP contribution in [0.25, 0.3) is 10.6 Å². The number of hydrogen-bond donors (Lipinski definition) is 2. The van der Waals surface area contributed by atoms with Crippen molar-refractivity contribution in [1.82, 2.24) is 20.2 Å². The van der Waals surface area contributed by atoms with Crippen molar-refractivity contribution in [2.45, 2.75) is 6.54 Å². The molecule has 0 atom stereocenters. The lowest BCUT2D eigenvalue weighted by Crippen LogP contribution is -2.42. The summed E-state index contributed by atoms with van der Waals surface area (Å²) in [7, 11) is 0. The quantitative estimate of drug-likeness (QED) is 0.887. The van der Waals surface area contributed by atoms with Crippen molar-refractivity contribution in [2.24, 2.45) is 0 Å². The number of rotatable bonds is 4. The second kappa shape index (κ2) is 6.30. The zero-order valence-corrected chi connectivity index (χ0v) is 12.3. The van der Waals surface area contributed by atoms with E-state index in [4.69, 9.17) is 0 Å². The summed E-state index contributed by atoms with van der Waals surface area (Å²) in [5, 5.41) is 13.4. The normalized spacial score (nSPS) is 16.0. The lowest BCUT2D eigenvalue weighted by Gasteiger charge is -2.26. The third-order valence-corrected chi connectivity index (χ3v) is 4.49. The van der Waals surface area contributed by atoms with Crippen molar-refractivity contribution in [1.29, 1.82) is 0 Å². The van der Waals surface area contributed by atoms with Gasteiger partial charge in [-0.1, -0.05) is 0 Å². The molecular weight excluding hydrogens is 288 g/mol. The molecule has 2 N–H and O–H groups in total. The number of carboxylic acid groups (broad SMARTS) is 1. The molecule has 1 fully saturated rings. The van der Waals surface area contributed by atoms with Crippen LogP contribution in [0.4, 0.5) is 0 Å². The Morgan fingerprint density at radius 2 is 2.05 bits per heavy atom. The second-order valence-electron chi connectivity index (χ2n) is 4.86. The Morgan fingerprint density at radius 3 is 2.71 bits per heavy atom. The zero-order valence-electron chi connectivity index (χ0n) is 11.5. The molecule has 7 heteroatoms. The summed E-state index contributed by atoms with van der Waals surface area (Å²) in [5.74, 6) is -0.961.